The van der Waals surface area contributed by atoms with E-state index in [1.165, 1.54) is 12.1 Å². The first-order valence-electron chi connectivity index (χ1n) is 9.96. The van der Waals surface area contributed by atoms with Crippen LogP contribution in [0.4, 0.5) is 10.2 Å². The van der Waals surface area contributed by atoms with Crippen molar-refractivity contribution < 1.29 is 13.9 Å². The quantitative estimate of drug-likeness (QED) is 0.469. The second kappa shape index (κ2) is 7.39. The van der Waals surface area contributed by atoms with Crippen LogP contribution in [-0.4, -0.2) is 19.7 Å². The highest BCUT2D eigenvalue weighted by atomic mass is 19.1. The van der Waals surface area contributed by atoms with Crippen molar-refractivity contribution in [3.05, 3.63) is 66.4 Å². The third-order valence-electron chi connectivity index (χ3n) is 5.26. The van der Waals surface area contributed by atoms with E-state index in [0.29, 0.717) is 40.6 Å². The minimum Gasteiger partial charge on any atom is -0.482 e. The number of pyridine rings is 2. The van der Waals surface area contributed by atoms with E-state index in [1.54, 1.807) is 36.8 Å². The summed E-state index contributed by atoms with van der Waals surface area (Å²) in [5.41, 5.74) is 9.50. The molecule has 4 aromatic rings. The van der Waals surface area contributed by atoms with Crippen molar-refractivity contribution in [2.45, 2.75) is 26.5 Å². The molecule has 4 heterocycles. The zero-order chi connectivity index (χ0) is 21.5. The number of aryl methyl sites for hydroxylation is 1. The smallest absolute Gasteiger partial charge is 0.173 e. The van der Waals surface area contributed by atoms with E-state index in [0.717, 1.165) is 11.3 Å². The normalized spacial score (nSPS) is 14.7. The van der Waals surface area contributed by atoms with Crippen molar-refractivity contribution in [1.29, 1.82) is 0 Å². The van der Waals surface area contributed by atoms with Crippen LogP contribution >= 0.6 is 0 Å². The highest BCUT2D eigenvalue weighted by Crippen LogP contribution is 2.42. The summed E-state index contributed by atoms with van der Waals surface area (Å²) >= 11 is 0. The van der Waals surface area contributed by atoms with Crippen molar-refractivity contribution in [2.24, 2.45) is 0 Å². The molecular formula is C23H20FN5O2. The van der Waals surface area contributed by atoms with Gasteiger partial charge in [0.05, 0.1) is 6.20 Å². The molecule has 1 aromatic carbocycles. The van der Waals surface area contributed by atoms with Crippen LogP contribution in [0.25, 0.3) is 22.5 Å². The molecule has 156 valence electrons. The van der Waals surface area contributed by atoms with Gasteiger partial charge >= 0.3 is 0 Å². The Balaban J connectivity index is 1.81. The predicted octanol–water partition coefficient (Wildman–Crippen LogP) is 4.99. The number of anilines is 1. The minimum atomic E-state index is -0.519. The lowest BCUT2D eigenvalue weighted by Crippen LogP contribution is -2.09. The number of hydrogen-bond acceptors (Lipinski definition) is 6. The van der Waals surface area contributed by atoms with Gasteiger partial charge in [-0.25, -0.2) is 9.37 Å². The lowest BCUT2D eigenvalue weighted by atomic mass is 9.99. The Hall–Kier alpha value is -3.94. The fourth-order valence-electron chi connectivity index (χ4n) is 3.79. The van der Waals surface area contributed by atoms with Crippen LogP contribution in [0.5, 0.6) is 17.2 Å². The zero-order valence-electron chi connectivity index (χ0n) is 17.0. The molecule has 0 spiro atoms. The average molecular weight is 417 g/mol. The third-order valence-corrected chi connectivity index (χ3v) is 5.26. The van der Waals surface area contributed by atoms with Gasteiger partial charge in [0.25, 0.3) is 0 Å². The number of nitrogen functional groups attached to an aromatic ring is 1. The largest absolute Gasteiger partial charge is 0.482 e. The Labute approximate surface area is 178 Å². The van der Waals surface area contributed by atoms with E-state index < -0.39 is 6.10 Å². The summed E-state index contributed by atoms with van der Waals surface area (Å²) < 4.78 is 28.5. The van der Waals surface area contributed by atoms with E-state index in [2.05, 4.69) is 15.1 Å². The maximum absolute atomic E-state index is 14.2. The van der Waals surface area contributed by atoms with E-state index >= 15 is 0 Å². The fourth-order valence-corrected chi connectivity index (χ4v) is 3.79. The van der Waals surface area contributed by atoms with Crippen molar-refractivity contribution in [3.8, 4) is 39.8 Å². The number of rotatable bonds is 1. The molecule has 0 aliphatic carbocycles. The van der Waals surface area contributed by atoms with E-state index in [9.17, 15) is 4.39 Å². The summed E-state index contributed by atoms with van der Waals surface area (Å²) in [4.78, 5) is 8.84. The van der Waals surface area contributed by atoms with Gasteiger partial charge < -0.3 is 15.2 Å². The molecule has 5 rings (SSSR count). The molecule has 1 aliphatic heterocycles. The summed E-state index contributed by atoms with van der Waals surface area (Å²) in [5, 5.41) is 4.45. The first-order valence-corrected chi connectivity index (χ1v) is 9.96. The number of nitrogens with two attached hydrogens (primary N) is 1. The number of benzene rings is 1. The van der Waals surface area contributed by atoms with Gasteiger partial charge in [0.2, 0.25) is 0 Å². The Morgan fingerprint density at radius 1 is 1.10 bits per heavy atom. The number of ether oxygens (including phenoxy) is 2. The molecule has 0 radical (unpaired) electrons. The lowest BCUT2D eigenvalue weighted by molar-refractivity contribution is 0.227. The highest BCUT2D eigenvalue weighted by molar-refractivity contribution is 5.74. The second-order valence-electron chi connectivity index (χ2n) is 7.22. The minimum absolute atomic E-state index is 0.245. The molecule has 2 N–H and O–H groups in total. The van der Waals surface area contributed by atoms with Crippen molar-refractivity contribution >= 4 is 5.82 Å². The molecule has 7 nitrogen and oxygen atoms in total. The van der Waals surface area contributed by atoms with Crippen molar-refractivity contribution in [2.75, 3.05) is 5.73 Å². The maximum Gasteiger partial charge on any atom is 0.173 e. The summed E-state index contributed by atoms with van der Waals surface area (Å²) in [6.45, 7) is 4.47. The lowest BCUT2D eigenvalue weighted by Gasteiger charge is -2.22. The number of fused-ring (bicyclic) bond motifs is 7. The molecule has 0 saturated heterocycles. The average Bonchev–Trinajstić information content (AvgIpc) is 3.17. The molecule has 2 bridgehead atoms. The summed E-state index contributed by atoms with van der Waals surface area (Å²) in [5.74, 6) is 1.35. The molecule has 1 atom stereocenters. The highest BCUT2D eigenvalue weighted by Gasteiger charge is 2.24. The van der Waals surface area contributed by atoms with Gasteiger partial charge in [0.1, 0.15) is 23.3 Å². The van der Waals surface area contributed by atoms with Gasteiger partial charge in [-0.1, -0.05) is 0 Å². The zero-order valence-corrected chi connectivity index (χ0v) is 17.0. The number of halogens is 1. The third kappa shape index (κ3) is 3.26. The summed E-state index contributed by atoms with van der Waals surface area (Å²) in [6, 6.07) is 9.94. The van der Waals surface area contributed by atoms with Gasteiger partial charge in [0, 0.05) is 35.6 Å². The SMILES string of the molecule is CCn1ncc2c1-c1cnc(N)c(c1)O[C@H](C)c1cc(F)ccc1-c1ncccc1O2. The monoisotopic (exact) mass is 417 g/mol. The predicted molar refractivity (Wildman–Crippen MR) is 114 cm³/mol. The Morgan fingerprint density at radius 2 is 1.97 bits per heavy atom. The molecule has 0 unspecified atom stereocenters. The summed E-state index contributed by atoms with van der Waals surface area (Å²) in [6.07, 6.45) is 4.47. The second-order valence-corrected chi connectivity index (χ2v) is 7.22. The van der Waals surface area contributed by atoms with Crippen LogP contribution in [0, 0.1) is 5.82 Å². The van der Waals surface area contributed by atoms with Gasteiger partial charge in [-0.15, -0.1) is 0 Å². The van der Waals surface area contributed by atoms with E-state index in [-0.39, 0.29) is 11.6 Å². The van der Waals surface area contributed by atoms with Gasteiger partial charge in [-0.3, -0.25) is 9.67 Å². The fraction of sp³-hybridized carbons (Fsp3) is 0.174. The van der Waals surface area contributed by atoms with Crippen LogP contribution in [0.3, 0.4) is 0 Å². The first kappa shape index (κ1) is 19.0. The Bertz CT molecular complexity index is 1290. The molecule has 0 saturated carbocycles. The Morgan fingerprint density at radius 3 is 2.81 bits per heavy atom. The topological polar surface area (TPSA) is 88.1 Å². The molecule has 0 amide bonds. The van der Waals surface area contributed by atoms with Crippen LogP contribution < -0.4 is 15.2 Å². The molecule has 0 fully saturated rings. The number of hydrogen-bond donors (Lipinski definition) is 1. The van der Waals surface area contributed by atoms with Crippen LogP contribution in [0.2, 0.25) is 0 Å². The van der Waals surface area contributed by atoms with Crippen molar-refractivity contribution in [1.82, 2.24) is 19.7 Å². The van der Waals surface area contributed by atoms with Crippen LogP contribution in [0.1, 0.15) is 25.5 Å². The number of nitrogens with zero attached hydrogens (tertiary/aromatic N) is 4. The first-order chi connectivity index (χ1) is 15.0. The van der Waals surface area contributed by atoms with Crippen molar-refractivity contribution in [3.63, 3.8) is 0 Å². The van der Waals surface area contributed by atoms with Crippen LogP contribution in [-0.2, 0) is 6.54 Å². The molecule has 3 aromatic heterocycles. The number of aromatic nitrogens is 4. The maximum atomic E-state index is 14.2. The van der Waals surface area contributed by atoms with Gasteiger partial charge in [0.15, 0.2) is 23.1 Å². The van der Waals surface area contributed by atoms with Gasteiger partial charge in [-0.05, 0) is 50.2 Å². The van der Waals surface area contributed by atoms with E-state index in [1.807, 2.05) is 24.6 Å². The van der Waals surface area contributed by atoms with Crippen LogP contribution in [0.15, 0.2) is 55.0 Å². The summed E-state index contributed by atoms with van der Waals surface area (Å²) in [7, 11) is 0. The Kier molecular flexibility index (Phi) is 4.54. The molecule has 1 aliphatic rings. The molecule has 8 heteroatoms. The molecular weight excluding hydrogens is 397 g/mol. The van der Waals surface area contributed by atoms with E-state index in [4.69, 9.17) is 15.2 Å². The standard InChI is InChI=1S/C23H20FN5O2/c1-3-29-22-14-9-19(23(25)27-11-14)30-13(2)17-10-15(24)6-7-16(17)21-18(5-4-8-26-21)31-20(22)12-28-29/h4-13H,3H2,1-2H3,(H2,25,27)/t13-/m1/s1. The van der Waals surface area contributed by atoms with Gasteiger partial charge in [-0.2, -0.15) is 5.10 Å². The molecule has 31 heavy (non-hydrogen) atoms.